The minimum Gasteiger partial charge on any atom is -0.462 e. The molecule has 3 heteroatoms. The van der Waals surface area contributed by atoms with Crippen molar-refractivity contribution >= 4 is 5.97 Å². The number of hydrogen-bond acceptors (Lipinski definition) is 3. The first kappa shape index (κ1) is 15.8. The van der Waals surface area contributed by atoms with Crippen molar-refractivity contribution in [2.45, 2.75) is 38.9 Å². The van der Waals surface area contributed by atoms with Gasteiger partial charge in [0.1, 0.15) is 6.10 Å². The molecule has 114 valence electrons. The van der Waals surface area contributed by atoms with Crippen LogP contribution in [-0.4, -0.2) is 18.7 Å². The molecule has 1 aliphatic rings. The molecule has 1 aliphatic heterocycles. The predicted molar refractivity (Wildman–Crippen MR) is 82.7 cm³/mol. The van der Waals surface area contributed by atoms with Crippen LogP contribution in [0.2, 0.25) is 0 Å². The zero-order valence-corrected chi connectivity index (χ0v) is 12.7. The van der Waals surface area contributed by atoms with E-state index in [9.17, 15) is 4.79 Å². The van der Waals surface area contributed by atoms with Crippen molar-refractivity contribution in [1.82, 2.24) is 0 Å². The zero-order valence-electron chi connectivity index (χ0n) is 12.7. The molecule has 0 unspecified atom stereocenters. The van der Waals surface area contributed by atoms with E-state index in [0.717, 1.165) is 18.4 Å². The van der Waals surface area contributed by atoms with Gasteiger partial charge in [0, 0.05) is 12.3 Å². The standard InChI is InChI=1S/C18H24O3/c1-3-7-16-10-17(21-18(19)11-16)14(2)12-20-13-15-8-5-4-6-9-15/h3-6,8-9,14,16-17H,1,7,10-13H2,2H3/t14-,16+,17-/m1/s1. The van der Waals surface area contributed by atoms with Crippen molar-refractivity contribution in [2.75, 3.05) is 6.61 Å². The maximum absolute atomic E-state index is 11.7. The van der Waals surface area contributed by atoms with Crippen molar-refractivity contribution in [3.05, 3.63) is 48.6 Å². The number of esters is 1. The Balaban J connectivity index is 1.78. The lowest BCUT2D eigenvalue weighted by Gasteiger charge is -2.32. The third-order valence-corrected chi connectivity index (χ3v) is 3.93. The van der Waals surface area contributed by atoms with Crippen molar-refractivity contribution in [3.63, 3.8) is 0 Å². The van der Waals surface area contributed by atoms with E-state index in [2.05, 4.69) is 13.5 Å². The van der Waals surface area contributed by atoms with Crippen molar-refractivity contribution in [1.29, 1.82) is 0 Å². The number of benzene rings is 1. The highest BCUT2D eigenvalue weighted by molar-refractivity contribution is 5.70. The zero-order chi connectivity index (χ0) is 15.1. The van der Waals surface area contributed by atoms with Crippen LogP contribution in [0.1, 0.15) is 31.7 Å². The van der Waals surface area contributed by atoms with Gasteiger partial charge in [-0.3, -0.25) is 4.79 Å². The summed E-state index contributed by atoms with van der Waals surface area (Å²) in [6.07, 6.45) is 4.15. The Labute approximate surface area is 127 Å². The molecule has 0 aromatic heterocycles. The fourth-order valence-electron chi connectivity index (χ4n) is 2.72. The molecule has 1 saturated heterocycles. The monoisotopic (exact) mass is 288 g/mol. The molecule has 0 aliphatic carbocycles. The number of ether oxygens (including phenoxy) is 2. The number of cyclic esters (lactones) is 1. The SMILES string of the molecule is C=CC[C@@H]1CC(=O)O[C@@H]([C@H](C)COCc2ccccc2)C1. The highest BCUT2D eigenvalue weighted by Gasteiger charge is 2.31. The fraction of sp³-hybridized carbons (Fsp3) is 0.500. The summed E-state index contributed by atoms with van der Waals surface area (Å²) in [5.74, 6) is 0.489. The summed E-state index contributed by atoms with van der Waals surface area (Å²) in [5.41, 5.74) is 1.16. The molecule has 3 atom stereocenters. The van der Waals surface area contributed by atoms with Crippen LogP contribution in [0.5, 0.6) is 0 Å². The molecule has 0 amide bonds. The average molecular weight is 288 g/mol. The van der Waals surface area contributed by atoms with Gasteiger partial charge in [0.05, 0.1) is 13.2 Å². The molecular formula is C18H24O3. The summed E-state index contributed by atoms with van der Waals surface area (Å²) >= 11 is 0. The van der Waals surface area contributed by atoms with E-state index in [4.69, 9.17) is 9.47 Å². The van der Waals surface area contributed by atoms with Gasteiger partial charge in [-0.25, -0.2) is 0 Å². The number of hydrogen-bond donors (Lipinski definition) is 0. The smallest absolute Gasteiger partial charge is 0.306 e. The maximum Gasteiger partial charge on any atom is 0.306 e. The van der Waals surface area contributed by atoms with Crippen molar-refractivity contribution < 1.29 is 14.3 Å². The largest absolute Gasteiger partial charge is 0.462 e. The van der Waals surface area contributed by atoms with Crippen LogP contribution in [0.15, 0.2) is 43.0 Å². The molecule has 1 heterocycles. The van der Waals surface area contributed by atoms with E-state index >= 15 is 0 Å². The van der Waals surface area contributed by atoms with Gasteiger partial charge in [0.2, 0.25) is 0 Å². The Morgan fingerprint density at radius 1 is 1.43 bits per heavy atom. The third-order valence-electron chi connectivity index (χ3n) is 3.93. The number of rotatable bonds is 7. The molecule has 0 N–H and O–H groups in total. The lowest BCUT2D eigenvalue weighted by atomic mass is 9.87. The number of allylic oxidation sites excluding steroid dienone is 1. The van der Waals surface area contributed by atoms with Gasteiger partial charge < -0.3 is 9.47 Å². The second-order valence-corrected chi connectivity index (χ2v) is 5.84. The second-order valence-electron chi connectivity index (χ2n) is 5.84. The highest BCUT2D eigenvalue weighted by Crippen LogP contribution is 2.28. The Morgan fingerprint density at radius 2 is 2.19 bits per heavy atom. The quantitative estimate of drug-likeness (QED) is 0.566. The van der Waals surface area contributed by atoms with Gasteiger partial charge in [-0.1, -0.05) is 43.3 Å². The Bertz CT molecular complexity index is 455. The van der Waals surface area contributed by atoms with E-state index in [1.54, 1.807) is 0 Å². The normalized spacial score (nSPS) is 23.4. The Morgan fingerprint density at radius 3 is 2.90 bits per heavy atom. The molecule has 0 saturated carbocycles. The minimum absolute atomic E-state index is 0.0352. The predicted octanol–water partition coefficient (Wildman–Crippen LogP) is 3.74. The molecule has 21 heavy (non-hydrogen) atoms. The maximum atomic E-state index is 11.7. The number of carbonyl (C=O) groups excluding carboxylic acids is 1. The first-order valence-corrected chi connectivity index (χ1v) is 7.61. The summed E-state index contributed by atoms with van der Waals surface area (Å²) < 4.78 is 11.2. The summed E-state index contributed by atoms with van der Waals surface area (Å²) in [6, 6.07) is 10.1. The first-order valence-electron chi connectivity index (χ1n) is 7.61. The van der Waals surface area contributed by atoms with Gasteiger partial charge >= 0.3 is 5.97 Å². The first-order chi connectivity index (χ1) is 10.2. The molecule has 3 nitrogen and oxygen atoms in total. The van der Waals surface area contributed by atoms with E-state index < -0.39 is 0 Å². The van der Waals surface area contributed by atoms with Crippen LogP contribution in [0.4, 0.5) is 0 Å². The molecular weight excluding hydrogens is 264 g/mol. The van der Waals surface area contributed by atoms with Crippen molar-refractivity contribution in [2.24, 2.45) is 11.8 Å². The molecule has 1 aromatic rings. The van der Waals surface area contributed by atoms with Crippen LogP contribution in [-0.2, 0) is 20.9 Å². The third kappa shape index (κ3) is 5.01. The molecule has 1 fully saturated rings. The van der Waals surface area contributed by atoms with Crippen LogP contribution < -0.4 is 0 Å². The van der Waals surface area contributed by atoms with Crippen LogP contribution in [0.25, 0.3) is 0 Å². The Hall–Kier alpha value is -1.61. The summed E-state index contributed by atoms with van der Waals surface area (Å²) in [7, 11) is 0. The number of carbonyl (C=O) groups is 1. The lowest BCUT2D eigenvalue weighted by Crippen LogP contribution is -2.35. The minimum atomic E-state index is -0.0898. The van der Waals surface area contributed by atoms with Gasteiger partial charge in [-0.05, 0) is 24.3 Å². The summed E-state index contributed by atoms with van der Waals surface area (Å²) in [6.45, 7) is 7.04. The lowest BCUT2D eigenvalue weighted by molar-refractivity contribution is -0.161. The molecule has 2 rings (SSSR count). The van der Waals surface area contributed by atoms with E-state index in [0.29, 0.717) is 25.6 Å². The Kier molecular flexibility index (Phi) is 6.00. The molecule has 1 aromatic carbocycles. The summed E-state index contributed by atoms with van der Waals surface area (Å²) in [5, 5.41) is 0. The van der Waals surface area contributed by atoms with Crippen LogP contribution in [0.3, 0.4) is 0 Å². The van der Waals surface area contributed by atoms with Gasteiger partial charge in [-0.15, -0.1) is 6.58 Å². The van der Waals surface area contributed by atoms with Crippen LogP contribution in [0, 0.1) is 11.8 Å². The van der Waals surface area contributed by atoms with E-state index in [1.165, 1.54) is 0 Å². The van der Waals surface area contributed by atoms with Gasteiger partial charge in [0.25, 0.3) is 0 Å². The molecule has 0 spiro atoms. The topological polar surface area (TPSA) is 35.5 Å². The van der Waals surface area contributed by atoms with Crippen molar-refractivity contribution in [3.8, 4) is 0 Å². The highest BCUT2D eigenvalue weighted by atomic mass is 16.5. The average Bonchev–Trinajstić information content (AvgIpc) is 2.48. The molecule has 0 radical (unpaired) electrons. The van der Waals surface area contributed by atoms with E-state index in [-0.39, 0.29) is 18.0 Å². The van der Waals surface area contributed by atoms with Gasteiger partial charge in [0.15, 0.2) is 0 Å². The molecule has 0 bridgehead atoms. The summed E-state index contributed by atoms with van der Waals surface area (Å²) in [4.78, 5) is 11.7. The fourth-order valence-corrected chi connectivity index (χ4v) is 2.72. The second kappa shape index (κ2) is 7.99. The van der Waals surface area contributed by atoms with Crippen LogP contribution >= 0.6 is 0 Å². The van der Waals surface area contributed by atoms with Gasteiger partial charge in [-0.2, -0.15) is 0 Å². The van der Waals surface area contributed by atoms with E-state index in [1.807, 2.05) is 36.4 Å².